The van der Waals surface area contributed by atoms with E-state index in [2.05, 4.69) is 10.2 Å². The van der Waals surface area contributed by atoms with Gasteiger partial charge in [0.15, 0.2) is 0 Å². The van der Waals surface area contributed by atoms with Gasteiger partial charge in [0, 0.05) is 6.04 Å². The Hall–Kier alpha value is -0.610. The molecule has 2 aliphatic rings. The van der Waals surface area contributed by atoms with Gasteiger partial charge in [0.2, 0.25) is 0 Å². The summed E-state index contributed by atoms with van der Waals surface area (Å²) in [5, 5.41) is 3.15. The molecule has 0 aromatic heterocycles. The van der Waals surface area contributed by atoms with Crippen LogP contribution >= 0.6 is 0 Å². The molecule has 1 heterocycles. The van der Waals surface area contributed by atoms with Gasteiger partial charge in [0.05, 0.1) is 6.61 Å². The van der Waals surface area contributed by atoms with Crippen molar-refractivity contribution >= 4 is 5.97 Å². The summed E-state index contributed by atoms with van der Waals surface area (Å²) in [5.74, 6) is 0.823. The molecule has 122 valence electrons. The number of nitrogens with zero attached hydrogens (tertiary/aromatic N) is 1. The monoisotopic (exact) mass is 296 g/mol. The molecule has 0 radical (unpaired) electrons. The third-order valence-electron chi connectivity index (χ3n) is 5.51. The third kappa shape index (κ3) is 3.98. The Morgan fingerprint density at radius 2 is 2.10 bits per heavy atom. The molecule has 1 aliphatic heterocycles. The lowest BCUT2D eigenvalue weighted by Gasteiger charge is -2.38. The first-order chi connectivity index (χ1) is 10.1. The van der Waals surface area contributed by atoms with Crippen LogP contribution in [0.5, 0.6) is 0 Å². The number of ether oxygens (including phenoxy) is 1. The van der Waals surface area contributed by atoms with Crippen LogP contribution in [0.25, 0.3) is 0 Å². The van der Waals surface area contributed by atoms with Gasteiger partial charge >= 0.3 is 5.97 Å². The van der Waals surface area contributed by atoms with Gasteiger partial charge in [-0.05, 0) is 78.4 Å². The van der Waals surface area contributed by atoms with Crippen molar-refractivity contribution < 1.29 is 9.53 Å². The van der Waals surface area contributed by atoms with Crippen LogP contribution in [0.15, 0.2) is 0 Å². The predicted octanol–water partition coefficient (Wildman–Crippen LogP) is 2.57. The Morgan fingerprint density at radius 1 is 1.33 bits per heavy atom. The zero-order valence-corrected chi connectivity index (χ0v) is 14.0. The molecule has 1 saturated carbocycles. The van der Waals surface area contributed by atoms with Crippen LogP contribution in [0.3, 0.4) is 0 Å². The van der Waals surface area contributed by atoms with Crippen molar-refractivity contribution in [3.63, 3.8) is 0 Å². The number of hydrogen-bond donors (Lipinski definition) is 1. The highest BCUT2D eigenvalue weighted by atomic mass is 16.5. The molecule has 4 nitrogen and oxygen atoms in total. The van der Waals surface area contributed by atoms with E-state index in [1.807, 2.05) is 20.9 Å². The van der Waals surface area contributed by atoms with Crippen molar-refractivity contribution in [2.75, 3.05) is 26.7 Å². The minimum absolute atomic E-state index is 0.120. The molecule has 0 aromatic carbocycles. The summed E-state index contributed by atoms with van der Waals surface area (Å²) in [6, 6.07) is 0.821. The first-order valence-corrected chi connectivity index (χ1v) is 8.71. The van der Waals surface area contributed by atoms with Gasteiger partial charge in [-0.15, -0.1) is 0 Å². The second-order valence-electron chi connectivity index (χ2n) is 6.84. The van der Waals surface area contributed by atoms with Crippen molar-refractivity contribution in [2.45, 2.75) is 70.4 Å². The molecule has 3 unspecified atom stereocenters. The van der Waals surface area contributed by atoms with E-state index in [1.165, 1.54) is 38.6 Å². The smallest absolute Gasteiger partial charge is 0.326 e. The molecule has 3 atom stereocenters. The summed E-state index contributed by atoms with van der Waals surface area (Å²) in [5.41, 5.74) is -0.541. The molecule has 0 spiro atoms. The summed E-state index contributed by atoms with van der Waals surface area (Å²) in [6.45, 7) is 6.64. The van der Waals surface area contributed by atoms with E-state index >= 15 is 0 Å². The van der Waals surface area contributed by atoms with E-state index in [1.54, 1.807) is 0 Å². The van der Waals surface area contributed by atoms with Crippen LogP contribution in [0.1, 0.15) is 58.8 Å². The zero-order chi connectivity index (χ0) is 15.3. The first kappa shape index (κ1) is 16.8. The van der Waals surface area contributed by atoms with Crippen molar-refractivity contribution in [1.29, 1.82) is 0 Å². The van der Waals surface area contributed by atoms with Crippen molar-refractivity contribution in [3.8, 4) is 0 Å². The number of likely N-dealkylation sites (tertiary alicyclic amines) is 1. The fourth-order valence-corrected chi connectivity index (χ4v) is 4.09. The number of hydrogen-bond acceptors (Lipinski definition) is 4. The Labute approximate surface area is 129 Å². The highest BCUT2D eigenvalue weighted by molar-refractivity contribution is 5.80. The number of likely N-dealkylation sites (N-methyl/N-ethyl adjacent to an activating group) is 1. The first-order valence-electron chi connectivity index (χ1n) is 8.71. The predicted molar refractivity (Wildman–Crippen MR) is 85.3 cm³/mol. The van der Waals surface area contributed by atoms with Crippen molar-refractivity contribution in [1.82, 2.24) is 10.2 Å². The summed E-state index contributed by atoms with van der Waals surface area (Å²) in [4.78, 5) is 14.7. The van der Waals surface area contributed by atoms with Gasteiger partial charge in [0.25, 0.3) is 0 Å². The fourth-order valence-electron chi connectivity index (χ4n) is 4.09. The number of rotatable bonds is 7. The van der Waals surface area contributed by atoms with Crippen LogP contribution in [0.2, 0.25) is 0 Å². The lowest BCUT2D eigenvalue weighted by molar-refractivity contribution is -0.150. The quantitative estimate of drug-likeness (QED) is 0.733. The molecule has 21 heavy (non-hydrogen) atoms. The summed E-state index contributed by atoms with van der Waals surface area (Å²) >= 11 is 0. The Bertz CT molecular complexity index is 348. The summed E-state index contributed by atoms with van der Waals surface area (Å²) < 4.78 is 5.19. The molecule has 0 bridgehead atoms. The molecule has 4 heteroatoms. The number of esters is 1. The Kier molecular flexibility index (Phi) is 6.06. The Balaban J connectivity index is 1.80. The lowest BCUT2D eigenvalue weighted by atomic mass is 9.91. The second kappa shape index (κ2) is 7.59. The number of carbonyl (C=O) groups is 1. The number of carbonyl (C=O) groups excluding carboxylic acids is 1. The average molecular weight is 296 g/mol. The van der Waals surface area contributed by atoms with Gasteiger partial charge in [0.1, 0.15) is 5.54 Å². The van der Waals surface area contributed by atoms with Gasteiger partial charge in [-0.25, -0.2) is 0 Å². The largest absolute Gasteiger partial charge is 0.465 e. The van der Waals surface area contributed by atoms with E-state index in [9.17, 15) is 4.79 Å². The maximum Gasteiger partial charge on any atom is 0.326 e. The highest BCUT2D eigenvalue weighted by Crippen LogP contribution is 2.36. The average Bonchev–Trinajstić information content (AvgIpc) is 2.96. The molecule has 2 fully saturated rings. The second-order valence-corrected chi connectivity index (χ2v) is 6.84. The SMILES string of the molecule is CCOC(=O)C(C)(CCCN1CCCC2CCCC21)NC. The summed E-state index contributed by atoms with van der Waals surface area (Å²) in [6.07, 6.45) is 8.89. The maximum atomic E-state index is 12.1. The molecule has 2 rings (SSSR count). The molecule has 1 aliphatic carbocycles. The van der Waals surface area contributed by atoms with Crippen LogP contribution in [-0.2, 0) is 9.53 Å². The molecule has 0 amide bonds. The van der Waals surface area contributed by atoms with Crippen LogP contribution in [0, 0.1) is 5.92 Å². The number of nitrogens with one attached hydrogen (secondary N) is 1. The van der Waals surface area contributed by atoms with Crippen LogP contribution < -0.4 is 5.32 Å². The van der Waals surface area contributed by atoms with Crippen LogP contribution in [0.4, 0.5) is 0 Å². The maximum absolute atomic E-state index is 12.1. The van der Waals surface area contributed by atoms with E-state index in [0.717, 1.165) is 31.3 Å². The highest BCUT2D eigenvalue weighted by Gasteiger charge is 2.36. The van der Waals surface area contributed by atoms with Gasteiger partial charge < -0.3 is 15.0 Å². The zero-order valence-electron chi connectivity index (χ0n) is 14.0. The molecule has 0 aromatic rings. The summed E-state index contributed by atoms with van der Waals surface area (Å²) in [7, 11) is 1.85. The lowest BCUT2D eigenvalue weighted by Crippen LogP contribution is -2.49. The normalized spacial score (nSPS) is 28.9. The topological polar surface area (TPSA) is 41.6 Å². The van der Waals surface area contributed by atoms with E-state index < -0.39 is 5.54 Å². The molecular formula is C17H32N2O2. The van der Waals surface area contributed by atoms with Gasteiger partial charge in [-0.2, -0.15) is 0 Å². The minimum atomic E-state index is -0.541. The van der Waals surface area contributed by atoms with E-state index in [0.29, 0.717) is 6.61 Å². The van der Waals surface area contributed by atoms with Crippen molar-refractivity contribution in [3.05, 3.63) is 0 Å². The Morgan fingerprint density at radius 3 is 2.81 bits per heavy atom. The van der Waals surface area contributed by atoms with Gasteiger partial charge in [-0.1, -0.05) is 6.42 Å². The molecular weight excluding hydrogens is 264 g/mol. The molecule has 1 N–H and O–H groups in total. The fraction of sp³-hybridized carbons (Fsp3) is 0.941. The van der Waals surface area contributed by atoms with E-state index in [-0.39, 0.29) is 5.97 Å². The van der Waals surface area contributed by atoms with Gasteiger partial charge in [-0.3, -0.25) is 4.79 Å². The molecule has 1 saturated heterocycles. The number of piperidine rings is 1. The minimum Gasteiger partial charge on any atom is -0.465 e. The third-order valence-corrected chi connectivity index (χ3v) is 5.51. The van der Waals surface area contributed by atoms with Crippen molar-refractivity contribution in [2.24, 2.45) is 5.92 Å². The standard InChI is InChI=1S/C17H32N2O2/c1-4-21-16(20)17(2,18-3)11-7-13-19-12-6-9-14-8-5-10-15(14)19/h14-15,18H,4-13H2,1-3H3. The van der Waals surface area contributed by atoms with Crippen LogP contribution in [-0.4, -0.2) is 49.2 Å². The van der Waals surface area contributed by atoms with E-state index in [4.69, 9.17) is 4.74 Å². The number of fused-ring (bicyclic) bond motifs is 1.